The Morgan fingerprint density at radius 1 is 1.15 bits per heavy atom. The van der Waals surface area contributed by atoms with E-state index in [4.69, 9.17) is 4.42 Å². The average Bonchev–Trinajstić information content (AvgIpc) is 2.78. The maximum atomic E-state index is 5.60. The van der Waals surface area contributed by atoms with Gasteiger partial charge < -0.3 is 9.73 Å². The largest absolute Gasteiger partial charge is 0.466 e. The lowest BCUT2D eigenvalue weighted by Gasteiger charge is -2.15. The minimum Gasteiger partial charge on any atom is -0.466 e. The first-order valence-electron chi connectivity index (χ1n) is 6.82. The number of anilines is 1. The minimum atomic E-state index is 0.158. The molecule has 1 unspecified atom stereocenters. The van der Waals surface area contributed by atoms with Crippen molar-refractivity contribution in [3.05, 3.63) is 59.7 Å². The summed E-state index contributed by atoms with van der Waals surface area (Å²) in [4.78, 5) is 4.47. The van der Waals surface area contributed by atoms with Gasteiger partial charge in [0.2, 0.25) is 0 Å². The number of nitrogens with one attached hydrogen (secondary N) is 1. The molecule has 0 saturated carbocycles. The first-order chi connectivity index (χ1) is 9.65. The van der Waals surface area contributed by atoms with E-state index in [9.17, 15) is 0 Å². The summed E-state index contributed by atoms with van der Waals surface area (Å²) in [6.45, 7) is 6.09. The standard InChI is InChI=1S/C17H18N2O/c1-11-10-16(13(3)20-11)12(2)19-17-15-7-5-4-6-14(15)8-9-18-17/h4-10,12H,1-3H3,(H,18,19). The van der Waals surface area contributed by atoms with Crippen LogP contribution in [-0.2, 0) is 0 Å². The summed E-state index contributed by atoms with van der Waals surface area (Å²) in [7, 11) is 0. The number of furan rings is 1. The first kappa shape index (κ1) is 12.7. The van der Waals surface area contributed by atoms with E-state index in [1.54, 1.807) is 0 Å². The third-order valence-electron chi connectivity index (χ3n) is 3.57. The van der Waals surface area contributed by atoms with Crippen LogP contribution in [0.15, 0.2) is 47.0 Å². The molecule has 3 rings (SSSR count). The van der Waals surface area contributed by atoms with Crippen LogP contribution < -0.4 is 5.32 Å². The van der Waals surface area contributed by atoms with Crippen LogP contribution in [0.5, 0.6) is 0 Å². The van der Waals surface area contributed by atoms with Gasteiger partial charge in [0.25, 0.3) is 0 Å². The second-order valence-corrected chi connectivity index (χ2v) is 5.12. The van der Waals surface area contributed by atoms with E-state index in [2.05, 4.69) is 35.4 Å². The van der Waals surface area contributed by atoms with E-state index in [-0.39, 0.29) is 6.04 Å². The molecule has 20 heavy (non-hydrogen) atoms. The van der Waals surface area contributed by atoms with Crippen LogP contribution in [0.3, 0.4) is 0 Å². The second kappa shape index (κ2) is 5.00. The maximum absolute atomic E-state index is 5.60. The average molecular weight is 266 g/mol. The molecule has 2 heterocycles. The van der Waals surface area contributed by atoms with Gasteiger partial charge in [-0.1, -0.05) is 24.3 Å². The second-order valence-electron chi connectivity index (χ2n) is 5.12. The number of aryl methyl sites for hydroxylation is 2. The van der Waals surface area contributed by atoms with Crippen LogP contribution in [0, 0.1) is 13.8 Å². The fourth-order valence-corrected chi connectivity index (χ4v) is 2.60. The Morgan fingerprint density at radius 2 is 1.95 bits per heavy atom. The Labute approximate surface area is 118 Å². The van der Waals surface area contributed by atoms with Crippen molar-refractivity contribution < 1.29 is 4.42 Å². The highest BCUT2D eigenvalue weighted by Gasteiger charge is 2.14. The molecule has 0 saturated heterocycles. The third kappa shape index (κ3) is 2.27. The zero-order chi connectivity index (χ0) is 14.1. The molecule has 1 aromatic carbocycles. The molecule has 3 nitrogen and oxygen atoms in total. The lowest BCUT2D eigenvalue weighted by molar-refractivity contribution is 0.500. The number of nitrogens with zero attached hydrogens (tertiary/aromatic N) is 1. The molecular weight excluding hydrogens is 248 g/mol. The van der Waals surface area contributed by atoms with Crippen molar-refractivity contribution >= 4 is 16.6 Å². The van der Waals surface area contributed by atoms with Crippen LogP contribution in [0.25, 0.3) is 10.8 Å². The molecule has 0 bridgehead atoms. The Balaban J connectivity index is 1.95. The summed E-state index contributed by atoms with van der Waals surface area (Å²) in [5.41, 5.74) is 1.18. The lowest BCUT2D eigenvalue weighted by Crippen LogP contribution is -2.08. The van der Waals surface area contributed by atoms with Gasteiger partial charge >= 0.3 is 0 Å². The number of benzene rings is 1. The van der Waals surface area contributed by atoms with E-state index in [0.717, 1.165) is 22.7 Å². The molecule has 2 aromatic heterocycles. The predicted octanol–water partition coefficient (Wildman–Crippen LogP) is 4.62. The molecule has 0 aliphatic heterocycles. The monoisotopic (exact) mass is 266 g/mol. The van der Waals surface area contributed by atoms with Crippen LogP contribution in [0.4, 0.5) is 5.82 Å². The molecule has 0 radical (unpaired) electrons. The van der Waals surface area contributed by atoms with Crippen LogP contribution in [0.2, 0.25) is 0 Å². The van der Waals surface area contributed by atoms with Crippen molar-refractivity contribution in [2.75, 3.05) is 5.32 Å². The highest BCUT2D eigenvalue weighted by Crippen LogP contribution is 2.27. The van der Waals surface area contributed by atoms with Crippen molar-refractivity contribution in [2.24, 2.45) is 0 Å². The van der Waals surface area contributed by atoms with Crippen molar-refractivity contribution in [1.29, 1.82) is 0 Å². The van der Waals surface area contributed by atoms with E-state index < -0.39 is 0 Å². The van der Waals surface area contributed by atoms with Gasteiger partial charge in [-0.05, 0) is 38.3 Å². The fourth-order valence-electron chi connectivity index (χ4n) is 2.60. The van der Waals surface area contributed by atoms with Crippen molar-refractivity contribution in [1.82, 2.24) is 4.98 Å². The summed E-state index contributed by atoms with van der Waals surface area (Å²) in [6, 6.07) is 12.5. The summed E-state index contributed by atoms with van der Waals surface area (Å²) >= 11 is 0. The molecule has 0 spiro atoms. The Morgan fingerprint density at radius 3 is 2.70 bits per heavy atom. The van der Waals surface area contributed by atoms with Crippen molar-refractivity contribution in [2.45, 2.75) is 26.8 Å². The number of hydrogen-bond donors (Lipinski definition) is 1. The van der Waals surface area contributed by atoms with Gasteiger partial charge in [0.15, 0.2) is 0 Å². The Bertz CT molecular complexity index is 740. The van der Waals surface area contributed by atoms with Crippen LogP contribution in [-0.4, -0.2) is 4.98 Å². The topological polar surface area (TPSA) is 38.1 Å². The molecule has 3 heteroatoms. The minimum absolute atomic E-state index is 0.158. The van der Waals surface area contributed by atoms with E-state index in [0.29, 0.717) is 0 Å². The molecule has 0 aliphatic carbocycles. The SMILES string of the molecule is Cc1cc(C(C)Nc2nccc3ccccc23)c(C)o1. The predicted molar refractivity (Wildman–Crippen MR) is 82.0 cm³/mol. The highest BCUT2D eigenvalue weighted by atomic mass is 16.3. The van der Waals surface area contributed by atoms with Gasteiger partial charge in [-0.2, -0.15) is 0 Å². The number of aromatic nitrogens is 1. The zero-order valence-electron chi connectivity index (χ0n) is 12.0. The number of rotatable bonds is 3. The molecule has 0 amide bonds. The quantitative estimate of drug-likeness (QED) is 0.751. The van der Waals surface area contributed by atoms with Gasteiger partial charge in [0.05, 0.1) is 6.04 Å². The van der Waals surface area contributed by atoms with E-state index in [1.807, 2.05) is 38.2 Å². The molecular formula is C17H18N2O. The van der Waals surface area contributed by atoms with Gasteiger partial charge in [-0.3, -0.25) is 0 Å². The number of hydrogen-bond acceptors (Lipinski definition) is 3. The maximum Gasteiger partial charge on any atom is 0.134 e. The molecule has 0 aliphatic rings. The molecule has 102 valence electrons. The molecule has 0 fully saturated rings. The molecule has 1 N–H and O–H groups in total. The van der Waals surface area contributed by atoms with E-state index in [1.165, 1.54) is 10.9 Å². The first-order valence-corrected chi connectivity index (χ1v) is 6.82. The summed E-state index contributed by atoms with van der Waals surface area (Å²) < 4.78 is 5.60. The van der Waals surface area contributed by atoms with Gasteiger partial charge in [-0.15, -0.1) is 0 Å². The van der Waals surface area contributed by atoms with Crippen molar-refractivity contribution in [3.8, 4) is 0 Å². The normalized spacial score (nSPS) is 12.6. The Kier molecular flexibility index (Phi) is 3.18. The smallest absolute Gasteiger partial charge is 0.134 e. The van der Waals surface area contributed by atoms with Gasteiger partial charge in [-0.25, -0.2) is 4.98 Å². The highest BCUT2D eigenvalue weighted by molar-refractivity contribution is 5.91. The summed E-state index contributed by atoms with van der Waals surface area (Å²) in [5.74, 6) is 2.81. The zero-order valence-corrected chi connectivity index (χ0v) is 12.0. The van der Waals surface area contributed by atoms with Crippen LogP contribution in [0.1, 0.15) is 30.0 Å². The fraction of sp³-hybridized carbons (Fsp3) is 0.235. The lowest BCUT2D eigenvalue weighted by atomic mass is 10.1. The summed E-state index contributed by atoms with van der Waals surface area (Å²) in [5, 5.41) is 5.81. The summed E-state index contributed by atoms with van der Waals surface area (Å²) in [6.07, 6.45) is 1.84. The molecule has 3 aromatic rings. The number of fused-ring (bicyclic) bond motifs is 1. The number of pyridine rings is 1. The van der Waals surface area contributed by atoms with Crippen molar-refractivity contribution in [3.63, 3.8) is 0 Å². The Hall–Kier alpha value is -2.29. The van der Waals surface area contributed by atoms with Gasteiger partial charge in [0.1, 0.15) is 17.3 Å². The van der Waals surface area contributed by atoms with E-state index >= 15 is 0 Å². The molecule has 1 atom stereocenters. The van der Waals surface area contributed by atoms with Crippen LogP contribution >= 0.6 is 0 Å². The third-order valence-corrected chi connectivity index (χ3v) is 3.57. The van der Waals surface area contributed by atoms with Gasteiger partial charge in [0, 0.05) is 17.1 Å².